The van der Waals surface area contributed by atoms with Gasteiger partial charge in [-0.05, 0) is 33.8 Å². The van der Waals surface area contributed by atoms with Crippen LogP contribution in [0.1, 0.15) is 18.6 Å². The van der Waals surface area contributed by atoms with Gasteiger partial charge in [-0.15, -0.1) is 0 Å². The third-order valence-corrected chi connectivity index (χ3v) is 4.70. The van der Waals surface area contributed by atoms with E-state index in [1.807, 2.05) is 10.8 Å². The summed E-state index contributed by atoms with van der Waals surface area (Å²) in [6.07, 6.45) is -0.333. The molecule has 1 aromatic heterocycles. The molecule has 0 bridgehead atoms. The van der Waals surface area contributed by atoms with Gasteiger partial charge in [0.25, 0.3) is 0 Å². The number of nitrogens with one attached hydrogen (secondary N) is 1. The molecule has 2 rings (SSSR count). The fourth-order valence-corrected chi connectivity index (χ4v) is 3.55. The van der Waals surface area contributed by atoms with Crippen LogP contribution in [-0.2, 0) is 0 Å². The summed E-state index contributed by atoms with van der Waals surface area (Å²) in [5.41, 5.74) is 1.04. The summed E-state index contributed by atoms with van der Waals surface area (Å²) < 4.78 is 1.04. The molecule has 2 heterocycles. The third-order valence-electron chi connectivity index (χ3n) is 2.94. The second kappa shape index (κ2) is 4.31. The molecular weight excluding hydrogens is 262 g/mol. The molecule has 1 aliphatic heterocycles. The Morgan fingerprint density at radius 3 is 2.86 bits per heavy atom. The molecule has 3 unspecified atom stereocenters. The normalized spacial score (nSPS) is 29.4. The lowest BCUT2D eigenvalue weighted by Crippen LogP contribution is -2.19. The fourth-order valence-electron chi connectivity index (χ4n) is 1.99. The van der Waals surface area contributed by atoms with E-state index in [2.05, 4.69) is 28.2 Å². The Kier molecular flexibility index (Phi) is 3.27. The minimum Gasteiger partial charge on any atom is -0.388 e. The van der Waals surface area contributed by atoms with Crippen LogP contribution in [0.3, 0.4) is 0 Å². The number of hydrogen-bond acceptors (Lipinski definition) is 3. The predicted molar refractivity (Wildman–Crippen MR) is 62.5 cm³/mol. The second-order valence-corrected chi connectivity index (χ2v) is 5.52. The van der Waals surface area contributed by atoms with Crippen LogP contribution in [0.2, 0.25) is 0 Å². The van der Waals surface area contributed by atoms with Crippen LogP contribution < -0.4 is 5.32 Å². The predicted octanol–water partition coefficient (Wildman–Crippen LogP) is 2.40. The van der Waals surface area contributed by atoms with E-state index >= 15 is 0 Å². The van der Waals surface area contributed by atoms with Crippen LogP contribution in [0.15, 0.2) is 15.2 Å². The van der Waals surface area contributed by atoms with Gasteiger partial charge in [0, 0.05) is 27.9 Å². The molecule has 78 valence electrons. The molecule has 1 saturated heterocycles. The summed E-state index contributed by atoms with van der Waals surface area (Å²) in [4.78, 5) is 0. The molecule has 0 amide bonds. The molecule has 1 aromatic rings. The summed E-state index contributed by atoms with van der Waals surface area (Å²) in [6.45, 7) is 4.13. The van der Waals surface area contributed by atoms with E-state index in [-0.39, 0.29) is 6.10 Å². The van der Waals surface area contributed by atoms with Gasteiger partial charge in [0.15, 0.2) is 0 Å². The monoisotopic (exact) mass is 275 g/mol. The molecule has 1 aliphatic rings. The minimum absolute atomic E-state index is 0.333. The van der Waals surface area contributed by atoms with E-state index in [1.54, 1.807) is 11.3 Å². The standard InChI is InChI=1S/C10H14BrNOS/c1-6-2-12-3-7(6)10(13)8-4-14-5-9(8)11/h4-7,10,12-13H,2-3H2,1H3. The van der Waals surface area contributed by atoms with Gasteiger partial charge < -0.3 is 10.4 Å². The Bertz CT molecular complexity index is 315. The first-order valence-corrected chi connectivity index (χ1v) is 6.54. The van der Waals surface area contributed by atoms with Gasteiger partial charge in [-0.2, -0.15) is 11.3 Å². The highest BCUT2D eigenvalue weighted by molar-refractivity contribution is 9.10. The maximum Gasteiger partial charge on any atom is 0.0852 e. The molecule has 1 fully saturated rings. The zero-order chi connectivity index (χ0) is 10.1. The van der Waals surface area contributed by atoms with Gasteiger partial charge in [0.1, 0.15) is 0 Å². The Hall–Kier alpha value is 0.100. The lowest BCUT2D eigenvalue weighted by molar-refractivity contribution is 0.0981. The summed E-state index contributed by atoms with van der Waals surface area (Å²) >= 11 is 5.09. The maximum absolute atomic E-state index is 10.2. The molecule has 0 radical (unpaired) electrons. The van der Waals surface area contributed by atoms with Gasteiger partial charge in [-0.3, -0.25) is 0 Å². The fraction of sp³-hybridized carbons (Fsp3) is 0.600. The van der Waals surface area contributed by atoms with Crippen molar-refractivity contribution in [3.63, 3.8) is 0 Å². The van der Waals surface area contributed by atoms with Crippen molar-refractivity contribution >= 4 is 27.3 Å². The Balaban J connectivity index is 2.15. The Morgan fingerprint density at radius 1 is 1.57 bits per heavy atom. The zero-order valence-corrected chi connectivity index (χ0v) is 10.4. The van der Waals surface area contributed by atoms with Crippen molar-refractivity contribution in [2.24, 2.45) is 11.8 Å². The van der Waals surface area contributed by atoms with Gasteiger partial charge in [-0.1, -0.05) is 6.92 Å². The highest BCUT2D eigenvalue weighted by Crippen LogP contribution is 2.35. The smallest absolute Gasteiger partial charge is 0.0852 e. The van der Waals surface area contributed by atoms with Crippen molar-refractivity contribution in [2.75, 3.05) is 13.1 Å². The summed E-state index contributed by atoms with van der Waals surface area (Å²) in [6, 6.07) is 0. The SMILES string of the molecule is CC1CNCC1C(O)c1cscc1Br. The maximum atomic E-state index is 10.2. The van der Waals surface area contributed by atoms with E-state index in [9.17, 15) is 5.11 Å². The third kappa shape index (κ3) is 1.89. The zero-order valence-electron chi connectivity index (χ0n) is 8.03. The Morgan fingerprint density at radius 2 is 2.36 bits per heavy atom. The van der Waals surface area contributed by atoms with Crippen LogP contribution >= 0.6 is 27.3 Å². The summed E-state index contributed by atoms with van der Waals surface area (Å²) in [5, 5.41) is 17.6. The van der Waals surface area contributed by atoms with Gasteiger partial charge in [-0.25, -0.2) is 0 Å². The summed E-state index contributed by atoms with van der Waals surface area (Å²) in [7, 11) is 0. The van der Waals surface area contributed by atoms with Crippen molar-refractivity contribution in [1.29, 1.82) is 0 Å². The second-order valence-electron chi connectivity index (χ2n) is 3.92. The van der Waals surface area contributed by atoms with Crippen LogP contribution in [0.5, 0.6) is 0 Å². The summed E-state index contributed by atoms with van der Waals surface area (Å²) in [5.74, 6) is 0.901. The van der Waals surface area contributed by atoms with Crippen molar-refractivity contribution in [1.82, 2.24) is 5.32 Å². The van der Waals surface area contributed by atoms with Crippen molar-refractivity contribution in [2.45, 2.75) is 13.0 Å². The largest absolute Gasteiger partial charge is 0.388 e. The van der Waals surface area contributed by atoms with Crippen molar-refractivity contribution in [3.05, 3.63) is 20.8 Å². The van der Waals surface area contributed by atoms with E-state index in [4.69, 9.17) is 0 Å². The lowest BCUT2D eigenvalue weighted by atomic mass is 9.89. The van der Waals surface area contributed by atoms with E-state index in [0.717, 1.165) is 23.1 Å². The topological polar surface area (TPSA) is 32.3 Å². The molecule has 0 aromatic carbocycles. The molecule has 2 nitrogen and oxygen atoms in total. The number of halogens is 1. The average molecular weight is 276 g/mol. The van der Waals surface area contributed by atoms with Gasteiger partial charge in [0.05, 0.1) is 6.10 Å². The van der Waals surface area contributed by atoms with E-state index in [1.165, 1.54) is 0 Å². The molecule has 0 aliphatic carbocycles. The molecule has 3 atom stereocenters. The number of rotatable bonds is 2. The lowest BCUT2D eigenvalue weighted by Gasteiger charge is -2.20. The highest BCUT2D eigenvalue weighted by Gasteiger charge is 2.31. The number of thiophene rings is 1. The molecule has 14 heavy (non-hydrogen) atoms. The first kappa shape index (κ1) is 10.6. The van der Waals surface area contributed by atoms with Crippen LogP contribution in [0.4, 0.5) is 0 Å². The van der Waals surface area contributed by atoms with Gasteiger partial charge >= 0.3 is 0 Å². The van der Waals surface area contributed by atoms with Crippen LogP contribution in [0.25, 0.3) is 0 Å². The number of aliphatic hydroxyl groups excluding tert-OH is 1. The minimum atomic E-state index is -0.333. The Labute approximate surface area is 96.5 Å². The highest BCUT2D eigenvalue weighted by atomic mass is 79.9. The van der Waals surface area contributed by atoms with E-state index < -0.39 is 0 Å². The quantitative estimate of drug-likeness (QED) is 0.869. The first-order valence-electron chi connectivity index (χ1n) is 4.80. The number of hydrogen-bond donors (Lipinski definition) is 2. The molecule has 4 heteroatoms. The molecule has 2 N–H and O–H groups in total. The van der Waals surface area contributed by atoms with Crippen molar-refractivity contribution < 1.29 is 5.11 Å². The molecule has 0 spiro atoms. The number of aliphatic hydroxyl groups is 1. The van der Waals surface area contributed by atoms with Crippen LogP contribution in [-0.4, -0.2) is 18.2 Å². The average Bonchev–Trinajstić information content (AvgIpc) is 2.73. The van der Waals surface area contributed by atoms with Crippen molar-refractivity contribution in [3.8, 4) is 0 Å². The van der Waals surface area contributed by atoms with Crippen LogP contribution in [0, 0.1) is 11.8 Å². The van der Waals surface area contributed by atoms with E-state index in [0.29, 0.717) is 11.8 Å². The molecular formula is C10H14BrNOS. The first-order chi connectivity index (χ1) is 6.70. The molecule has 0 saturated carbocycles. The van der Waals surface area contributed by atoms with Gasteiger partial charge in [0.2, 0.25) is 0 Å².